The van der Waals surface area contributed by atoms with Crippen molar-refractivity contribution in [1.82, 2.24) is 19.9 Å². The maximum Gasteiger partial charge on any atom is 0.446 e. The Labute approximate surface area is 196 Å². The van der Waals surface area contributed by atoms with E-state index < -0.39 is 11.4 Å². The number of hydrogen-bond acceptors (Lipinski definition) is 7. The first-order valence-corrected chi connectivity index (χ1v) is 10.7. The summed E-state index contributed by atoms with van der Waals surface area (Å²) < 4.78 is 37.9. The number of anilines is 3. The van der Waals surface area contributed by atoms with E-state index in [2.05, 4.69) is 30.6 Å². The highest BCUT2D eigenvalue weighted by molar-refractivity contribution is 8.00. The number of aromatic nitrogens is 4. The molecule has 2 N–H and O–H groups in total. The summed E-state index contributed by atoms with van der Waals surface area (Å²) in [5.41, 5.74) is -1.16. The summed E-state index contributed by atoms with van der Waals surface area (Å²) in [6.45, 7) is 1.87. The molecule has 2 aromatic heterocycles. The van der Waals surface area contributed by atoms with Crippen molar-refractivity contribution in [2.75, 3.05) is 10.6 Å². The second-order valence-corrected chi connectivity index (χ2v) is 8.18. The molecule has 0 fully saturated rings. The van der Waals surface area contributed by atoms with E-state index in [1.54, 1.807) is 49.1 Å². The van der Waals surface area contributed by atoms with Crippen molar-refractivity contribution in [2.24, 2.45) is 0 Å². The van der Waals surface area contributed by atoms with Gasteiger partial charge in [-0.15, -0.1) is 0 Å². The van der Waals surface area contributed by atoms with Gasteiger partial charge in [0.15, 0.2) is 0 Å². The number of halogens is 3. The van der Waals surface area contributed by atoms with Gasteiger partial charge in [0.25, 0.3) is 5.91 Å². The maximum absolute atomic E-state index is 12.6. The van der Waals surface area contributed by atoms with Crippen LogP contribution < -0.4 is 10.6 Å². The maximum atomic E-state index is 12.6. The average molecular weight is 482 g/mol. The molecule has 0 aliphatic rings. The quantitative estimate of drug-likeness (QED) is 0.333. The third kappa shape index (κ3) is 6.07. The molecule has 0 saturated carbocycles. The fraction of sp³-hybridized carbons (Fsp3) is 0.0870. The number of carbonyl (C=O) groups excluding carboxylic acids is 1. The molecular formula is C23H17F3N6OS. The molecule has 0 bridgehead atoms. The number of amides is 1. The Morgan fingerprint density at radius 1 is 0.971 bits per heavy atom. The van der Waals surface area contributed by atoms with Crippen molar-refractivity contribution in [1.29, 1.82) is 0 Å². The zero-order valence-electron chi connectivity index (χ0n) is 17.7. The van der Waals surface area contributed by atoms with Gasteiger partial charge in [-0.2, -0.15) is 13.2 Å². The molecule has 0 radical (unpaired) electrons. The normalized spacial score (nSPS) is 11.2. The highest BCUT2D eigenvalue weighted by atomic mass is 32.2. The molecule has 2 heterocycles. The minimum absolute atomic E-state index is 0.0634. The van der Waals surface area contributed by atoms with Gasteiger partial charge in [-0.25, -0.2) is 9.97 Å². The fourth-order valence-corrected chi connectivity index (χ4v) is 3.59. The van der Waals surface area contributed by atoms with Gasteiger partial charge in [0.1, 0.15) is 5.69 Å². The van der Waals surface area contributed by atoms with Gasteiger partial charge in [0, 0.05) is 40.4 Å². The minimum Gasteiger partial charge on any atom is -0.324 e. The molecule has 0 aliphatic heterocycles. The third-order valence-electron chi connectivity index (χ3n) is 4.55. The monoisotopic (exact) mass is 482 g/mol. The van der Waals surface area contributed by atoms with Gasteiger partial charge < -0.3 is 10.6 Å². The van der Waals surface area contributed by atoms with Crippen LogP contribution in [0, 0.1) is 6.92 Å². The molecule has 0 saturated heterocycles. The number of aryl methyl sites for hydroxylation is 1. The predicted octanol–water partition coefficient (Wildman–Crippen LogP) is 5.85. The number of carbonyl (C=O) groups is 1. The Morgan fingerprint density at radius 2 is 1.82 bits per heavy atom. The second-order valence-electron chi connectivity index (χ2n) is 7.04. The van der Waals surface area contributed by atoms with Crippen LogP contribution in [0.15, 0.2) is 78.2 Å². The smallest absolute Gasteiger partial charge is 0.324 e. The first kappa shape index (κ1) is 23.2. The van der Waals surface area contributed by atoms with E-state index in [-0.39, 0.29) is 22.2 Å². The molecular weight excluding hydrogens is 465 g/mol. The zero-order valence-corrected chi connectivity index (χ0v) is 18.5. The molecule has 4 rings (SSSR count). The van der Waals surface area contributed by atoms with E-state index in [4.69, 9.17) is 0 Å². The second kappa shape index (κ2) is 9.87. The summed E-state index contributed by atoms with van der Waals surface area (Å²) in [4.78, 5) is 29.5. The number of hydrogen-bond donors (Lipinski definition) is 2. The summed E-state index contributed by atoms with van der Waals surface area (Å²) in [6.07, 6.45) is 6.32. The highest BCUT2D eigenvalue weighted by Gasteiger charge is 2.29. The van der Waals surface area contributed by atoms with Crippen molar-refractivity contribution in [3.8, 4) is 11.4 Å². The van der Waals surface area contributed by atoms with E-state index in [0.717, 1.165) is 5.56 Å². The lowest BCUT2D eigenvalue weighted by molar-refractivity contribution is -0.0328. The first-order chi connectivity index (χ1) is 16.3. The number of nitrogens with zero attached hydrogens (tertiary/aromatic N) is 4. The van der Waals surface area contributed by atoms with Gasteiger partial charge in [-0.1, -0.05) is 12.1 Å². The number of benzene rings is 2. The molecule has 7 nitrogen and oxygen atoms in total. The number of thioether (sulfide) groups is 1. The molecule has 0 atom stereocenters. The third-order valence-corrected chi connectivity index (χ3v) is 5.27. The largest absolute Gasteiger partial charge is 0.446 e. The Bertz CT molecular complexity index is 1320. The minimum atomic E-state index is -4.43. The van der Waals surface area contributed by atoms with Crippen molar-refractivity contribution in [3.63, 3.8) is 0 Å². The first-order valence-electron chi connectivity index (χ1n) is 9.91. The van der Waals surface area contributed by atoms with Crippen LogP contribution in [-0.4, -0.2) is 31.4 Å². The number of nitrogens with one attached hydrogen (secondary N) is 2. The van der Waals surface area contributed by atoms with Gasteiger partial charge in [-0.05, 0) is 60.6 Å². The fourth-order valence-electron chi connectivity index (χ4n) is 2.99. The SMILES string of the molecule is Cc1ccc(NC(=O)c2cccc(SC(F)(F)F)c2)cc1Nc1nccc(-c2cnccn2)n1. The summed E-state index contributed by atoms with van der Waals surface area (Å²) in [6, 6.07) is 12.3. The van der Waals surface area contributed by atoms with E-state index in [1.165, 1.54) is 24.3 Å². The lowest BCUT2D eigenvalue weighted by Gasteiger charge is -2.12. The molecule has 34 heavy (non-hydrogen) atoms. The Hall–Kier alpha value is -3.99. The lowest BCUT2D eigenvalue weighted by atomic mass is 10.1. The number of alkyl halides is 3. The molecule has 1 amide bonds. The Kier molecular flexibility index (Phi) is 6.73. The van der Waals surface area contributed by atoms with Crippen LogP contribution in [0.1, 0.15) is 15.9 Å². The summed E-state index contributed by atoms with van der Waals surface area (Å²) >= 11 is -0.269. The van der Waals surface area contributed by atoms with E-state index in [0.29, 0.717) is 28.7 Å². The van der Waals surface area contributed by atoms with Gasteiger partial charge in [0.2, 0.25) is 5.95 Å². The van der Waals surface area contributed by atoms with Crippen LogP contribution in [-0.2, 0) is 0 Å². The Morgan fingerprint density at radius 3 is 2.59 bits per heavy atom. The molecule has 11 heteroatoms. The van der Waals surface area contributed by atoms with Crippen molar-refractivity contribution < 1.29 is 18.0 Å². The van der Waals surface area contributed by atoms with Crippen LogP contribution in [0.25, 0.3) is 11.4 Å². The van der Waals surface area contributed by atoms with Crippen molar-refractivity contribution >= 4 is 35.0 Å². The van der Waals surface area contributed by atoms with Gasteiger partial charge >= 0.3 is 5.51 Å². The molecule has 0 aliphatic carbocycles. The van der Waals surface area contributed by atoms with Gasteiger partial charge in [0.05, 0.1) is 11.9 Å². The van der Waals surface area contributed by atoms with Crippen molar-refractivity contribution in [2.45, 2.75) is 17.3 Å². The van der Waals surface area contributed by atoms with Gasteiger partial charge in [-0.3, -0.25) is 14.8 Å². The lowest BCUT2D eigenvalue weighted by Crippen LogP contribution is -2.12. The van der Waals surface area contributed by atoms with Crippen LogP contribution in [0.3, 0.4) is 0 Å². The van der Waals surface area contributed by atoms with E-state index >= 15 is 0 Å². The van der Waals surface area contributed by atoms with Crippen LogP contribution >= 0.6 is 11.8 Å². The summed E-state index contributed by atoms with van der Waals surface area (Å²) in [5, 5.41) is 5.83. The molecule has 4 aromatic rings. The predicted molar refractivity (Wildman–Crippen MR) is 124 cm³/mol. The van der Waals surface area contributed by atoms with Crippen LogP contribution in [0.4, 0.5) is 30.5 Å². The summed E-state index contributed by atoms with van der Waals surface area (Å²) in [7, 11) is 0. The average Bonchev–Trinajstić information content (AvgIpc) is 2.81. The Balaban J connectivity index is 1.51. The molecule has 172 valence electrons. The summed E-state index contributed by atoms with van der Waals surface area (Å²) in [5.74, 6) is -0.202. The standard InChI is InChI=1S/C23H17F3N6OS/c1-14-5-6-16(30-21(33)15-3-2-4-17(11-15)34-23(24,25)26)12-19(14)32-22-29-8-7-18(31-22)20-13-27-9-10-28-20/h2-13H,1H3,(H,30,33)(H,29,31,32). The zero-order chi connectivity index (χ0) is 24.1. The molecule has 2 aromatic carbocycles. The molecule has 0 unspecified atom stereocenters. The van der Waals surface area contributed by atoms with Crippen LogP contribution in [0.5, 0.6) is 0 Å². The van der Waals surface area contributed by atoms with Crippen molar-refractivity contribution in [3.05, 3.63) is 84.4 Å². The molecule has 0 spiro atoms. The topological polar surface area (TPSA) is 92.7 Å². The van der Waals surface area contributed by atoms with Crippen LogP contribution in [0.2, 0.25) is 0 Å². The highest BCUT2D eigenvalue weighted by Crippen LogP contribution is 2.37. The van der Waals surface area contributed by atoms with E-state index in [1.807, 2.05) is 6.92 Å². The van der Waals surface area contributed by atoms with E-state index in [9.17, 15) is 18.0 Å². The number of rotatable bonds is 6.